The molecule has 2 N–H and O–H groups in total. The number of aliphatic hydroxyl groups is 2. The van der Waals surface area contributed by atoms with Crippen molar-refractivity contribution in [2.24, 2.45) is 0 Å². The van der Waals surface area contributed by atoms with Crippen molar-refractivity contribution in [3.05, 3.63) is 0 Å². The Bertz CT molecular complexity index is 344. The molecule has 0 spiro atoms. The second-order valence-corrected chi connectivity index (χ2v) is 8.03. The fourth-order valence-electron chi connectivity index (χ4n) is 2.97. The van der Waals surface area contributed by atoms with E-state index in [1.54, 1.807) is 0 Å². The smallest absolute Gasteiger partial charge is 0.104 e. The monoisotopic (exact) mass is 450 g/mol. The molecule has 3 unspecified atom stereocenters. The summed E-state index contributed by atoms with van der Waals surface area (Å²) in [6, 6.07) is 0. The van der Waals surface area contributed by atoms with Crippen molar-refractivity contribution in [2.75, 3.05) is 59.5 Å². The van der Waals surface area contributed by atoms with E-state index in [2.05, 4.69) is 13.8 Å². The lowest BCUT2D eigenvalue weighted by Crippen LogP contribution is -2.33. The zero-order valence-electron chi connectivity index (χ0n) is 20.4. The predicted molar refractivity (Wildman–Crippen MR) is 124 cm³/mol. The number of hydrogen-bond acceptors (Lipinski definition) is 7. The normalized spacial score (nSPS) is 14.6. The van der Waals surface area contributed by atoms with Crippen LogP contribution in [0.25, 0.3) is 0 Å². The third-order valence-electron chi connectivity index (χ3n) is 4.90. The summed E-state index contributed by atoms with van der Waals surface area (Å²) >= 11 is 0. The highest BCUT2D eigenvalue weighted by molar-refractivity contribution is 4.62. The Labute approximate surface area is 190 Å². The van der Waals surface area contributed by atoms with Crippen LogP contribution in [0.4, 0.5) is 0 Å². The summed E-state index contributed by atoms with van der Waals surface area (Å²) in [5.74, 6) is 0. The molecule has 31 heavy (non-hydrogen) atoms. The molecular weight excluding hydrogens is 400 g/mol. The lowest BCUT2D eigenvalue weighted by molar-refractivity contribution is -0.108. The van der Waals surface area contributed by atoms with E-state index in [9.17, 15) is 5.11 Å². The van der Waals surface area contributed by atoms with Crippen LogP contribution in [0.3, 0.4) is 0 Å². The van der Waals surface area contributed by atoms with Crippen molar-refractivity contribution >= 4 is 0 Å². The minimum absolute atomic E-state index is 0.0563. The highest BCUT2D eigenvalue weighted by Crippen LogP contribution is 2.06. The Kier molecular flexibility index (Phi) is 24.1. The number of unbranched alkanes of at least 4 members (excludes halogenated alkanes) is 7. The molecule has 188 valence electrons. The molecule has 0 bridgehead atoms. The summed E-state index contributed by atoms with van der Waals surface area (Å²) in [4.78, 5) is 0. The average molecular weight is 451 g/mol. The summed E-state index contributed by atoms with van der Waals surface area (Å²) in [5, 5.41) is 18.6. The molecule has 7 heteroatoms. The number of ether oxygens (including phenoxy) is 5. The second-order valence-electron chi connectivity index (χ2n) is 8.03. The first-order chi connectivity index (χ1) is 15.2. The van der Waals surface area contributed by atoms with Gasteiger partial charge in [-0.2, -0.15) is 0 Å². The Hall–Kier alpha value is -0.280. The van der Waals surface area contributed by atoms with E-state index < -0.39 is 6.10 Å². The van der Waals surface area contributed by atoms with Gasteiger partial charge in [0, 0.05) is 19.8 Å². The van der Waals surface area contributed by atoms with Crippen LogP contribution in [0.1, 0.15) is 78.6 Å². The SMILES string of the molecule is CCCCCCCCOCC(COCC(COCC)OCCCCC)OCC(O)CO. The molecule has 7 nitrogen and oxygen atoms in total. The summed E-state index contributed by atoms with van der Waals surface area (Å²) in [7, 11) is 0. The van der Waals surface area contributed by atoms with Crippen molar-refractivity contribution in [1.29, 1.82) is 0 Å². The van der Waals surface area contributed by atoms with Crippen molar-refractivity contribution < 1.29 is 33.9 Å². The van der Waals surface area contributed by atoms with Gasteiger partial charge in [-0.1, -0.05) is 58.8 Å². The van der Waals surface area contributed by atoms with E-state index in [0.717, 1.165) is 25.7 Å². The van der Waals surface area contributed by atoms with Gasteiger partial charge in [0.05, 0.1) is 39.6 Å². The molecule has 0 rings (SSSR count). The first kappa shape index (κ1) is 30.7. The maximum Gasteiger partial charge on any atom is 0.104 e. The quantitative estimate of drug-likeness (QED) is 0.205. The molecule has 0 heterocycles. The minimum atomic E-state index is -0.895. The molecule has 0 saturated heterocycles. The fourth-order valence-corrected chi connectivity index (χ4v) is 2.97. The van der Waals surface area contributed by atoms with E-state index in [0.29, 0.717) is 46.2 Å². The Morgan fingerprint density at radius 1 is 0.581 bits per heavy atom. The largest absolute Gasteiger partial charge is 0.394 e. The molecule has 0 aliphatic heterocycles. The molecule has 0 fully saturated rings. The zero-order valence-corrected chi connectivity index (χ0v) is 20.4. The molecule has 0 aliphatic rings. The Balaban J connectivity index is 4.22. The van der Waals surface area contributed by atoms with Gasteiger partial charge in [-0.05, 0) is 19.8 Å². The van der Waals surface area contributed by atoms with Crippen LogP contribution < -0.4 is 0 Å². The number of hydrogen-bond donors (Lipinski definition) is 2. The number of rotatable bonds is 25. The highest BCUT2D eigenvalue weighted by atomic mass is 16.6. The van der Waals surface area contributed by atoms with Crippen LogP contribution in [0.2, 0.25) is 0 Å². The highest BCUT2D eigenvalue weighted by Gasteiger charge is 2.15. The van der Waals surface area contributed by atoms with E-state index in [1.165, 1.54) is 32.1 Å². The van der Waals surface area contributed by atoms with Crippen molar-refractivity contribution in [3.8, 4) is 0 Å². The van der Waals surface area contributed by atoms with Gasteiger partial charge in [-0.15, -0.1) is 0 Å². The van der Waals surface area contributed by atoms with E-state index in [1.807, 2.05) is 6.92 Å². The van der Waals surface area contributed by atoms with Crippen molar-refractivity contribution in [1.82, 2.24) is 0 Å². The van der Waals surface area contributed by atoms with Crippen LogP contribution in [0.5, 0.6) is 0 Å². The molecule has 3 atom stereocenters. The molecule has 0 aliphatic carbocycles. The molecular formula is C24H50O7. The van der Waals surface area contributed by atoms with Gasteiger partial charge >= 0.3 is 0 Å². The van der Waals surface area contributed by atoms with Crippen molar-refractivity contribution in [3.63, 3.8) is 0 Å². The van der Waals surface area contributed by atoms with Gasteiger partial charge in [0.2, 0.25) is 0 Å². The molecule has 0 aromatic carbocycles. The van der Waals surface area contributed by atoms with E-state index in [-0.39, 0.29) is 25.4 Å². The van der Waals surface area contributed by atoms with Gasteiger partial charge in [-0.25, -0.2) is 0 Å². The minimum Gasteiger partial charge on any atom is -0.394 e. The average Bonchev–Trinajstić information content (AvgIpc) is 2.78. The van der Waals surface area contributed by atoms with Crippen LogP contribution in [-0.4, -0.2) is 88.0 Å². The Morgan fingerprint density at radius 2 is 1.13 bits per heavy atom. The van der Waals surface area contributed by atoms with Crippen LogP contribution in [-0.2, 0) is 23.7 Å². The first-order valence-electron chi connectivity index (χ1n) is 12.4. The van der Waals surface area contributed by atoms with Gasteiger partial charge in [0.15, 0.2) is 0 Å². The predicted octanol–water partition coefficient (Wildman–Crippen LogP) is 3.73. The maximum absolute atomic E-state index is 9.58. The second kappa shape index (κ2) is 24.4. The molecule has 0 aromatic rings. The summed E-state index contributed by atoms with van der Waals surface area (Å²) < 4.78 is 28.7. The van der Waals surface area contributed by atoms with Gasteiger partial charge in [0.1, 0.15) is 18.3 Å². The zero-order chi connectivity index (χ0) is 23.0. The fraction of sp³-hybridized carbons (Fsp3) is 1.00. The number of aliphatic hydroxyl groups excluding tert-OH is 2. The topological polar surface area (TPSA) is 86.6 Å². The summed E-state index contributed by atoms with van der Waals surface area (Å²) in [6.45, 7) is 9.81. The van der Waals surface area contributed by atoms with Crippen LogP contribution in [0, 0.1) is 0 Å². The standard InChI is InChI=1S/C24H50O7/c1-4-7-9-10-11-13-14-28-19-24(31-17-22(26)16-25)21-29-20-23(18-27-6-3)30-15-12-8-5-2/h22-26H,4-21H2,1-3H3. The van der Waals surface area contributed by atoms with Crippen LogP contribution >= 0.6 is 0 Å². The maximum atomic E-state index is 9.58. The van der Waals surface area contributed by atoms with E-state index >= 15 is 0 Å². The van der Waals surface area contributed by atoms with Crippen LogP contribution in [0.15, 0.2) is 0 Å². The third kappa shape index (κ3) is 21.3. The molecule has 0 radical (unpaired) electrons. The summed E-state index contributed by atoms with van der Waals surface area (Å²) in [5.41, 5.74) is 0. The molecule has 0 aromatic heterocycles. The first-order valence-corrected chi connectivity index (χ1v) is 12.4. The lowest BCUT2D eigenvalue weighted by atomic mass is 10.1. The Morgan fingerprint density at radius 3 is 1.81 bits per heavy atom. The summed E-state index contributed by atoms with van der Waals surface area (Å²) in [6.07, 6.45) is 9.37. The molecule has 0 amide bonds. The third-order valence-corrected chi connectivity index (χ3v) is 4.90. The molecule has 0 saturated carbocycles. The van der Waals surface area contributed by atoms with E-state index in [4.69, 9.17) is 28.8 Å². The van der Waals surface area contributed by atoms with Gasteiger partial charge in [-0.3, -0.25) is 0 Å². The lowest BCUT2D eigenvalue weighted by Gasteiger charge is -2.22. The van der Waals surface area contributed by atoms with Gasteiger partial charge < -0.3 is 33.9 Å². The van der Waals surface area contributed by atoms with Gasteiger partial charge in [0.25, 0.3) is 0 Å². The van der Waals surface area contributed by atoms with Crippen molar-refractivity contribution in [2.45, 2.75) is 96.9 Å².